The molecule has 2 atom stereocenters. The molecular weight excluding hydrogens is 202 g/mol. The Labute approximate surface area is 86.8 Å². The highest BCUT2D eigenvalue weighted by atomic mass is 31.2. The minimum atomic E-state index is -3.79. The lowest BCUT2D eigenvalue weighted by Gasteiger charge is -2.23. The number of halogens is 1. The summed E-state index contributed by atoms with van der Waals surface area (Å²) in [5.41, 5.74) is 0.204. The van der Waals surface area contributed by atoms with Crippen LogP contribution in [-0.2, 0) is 9.09 Å². The van der Waals surface area contributed by atoms with Crippen LogP contribution in [0.4, 0.5) is 4.20 Å². The lowest BCUT2D eigenvalue weighted by Crippen LogP contribution is -2.14. The van der Waals surface area contributed by atoms with E-state index in [1.54, 1.807) is 0 Å². The molecule has 0 fully saturated rings. The largest absolute Gasteiger partial charge is 0.367 e. The minimum absolute atomic E-state index is 0.0325. The summed E-state index contributed by atoms with van der Waals surface area (Å²) in [7, 11) is -3.79. The van der Waals surface area contributed by atoms with Gasteiger partial charge in [-0.3, -0.25) is 4.57 Å². The molecule has 0 aromatic rings. The normalized spacial score (nSPS) is 19.0. The van der Waals surface area contributed by atoms with E-state index in [9.17, 15) is 8.76 Å². The van der Waals surface area contributed by atoms with E-state index in [1.165, 1.54) is 6.92 Å². The van der Waals surface area contributed by atoms with Crippen LogP contribution >= 0.6 is 7.68 Å². The Bertz CT molecular complexity index is 211. The molecule has 0 bridgehead atoms. The van der Waals surface area contributed by atoms with Gasteiger partial charge in [-0.15, -0.1) is 0 Å². The van der Waals surface area contributed by atoms with E-state index in [-0.39, 0.29) is 24.1 Å². The van der Waals surface area contributed by atoms with E-state index in [1.807, 2.05) is 6.92 Å². The van der Waals surface area contributed by atoms with E-state index in [4.69, 9.17) is 4.52 Å². The quantitative estimate of drug-likeness (QED) is 0.652. The van der Waals surface area contributed by atoms with E-state index >= 15 is 0 Å². The molecule has 86 valence electrons. The topological polar surface area (TPSA) is 26.3 Å². The minimum Gasteiger partial charge on any atom is -0.305 e. The zero-order valence-electron chi connectivity index (χ0n) is 9.84. The predicted octanol–water partition coefficient (Wildman–Crippen LogP) is 4.26. The van der Waals surface area contributed by atoms with Crippen LogP contribution in [0.5, 0.6) is 0 Å². The van der Waals surface area contributed by atoms with Gasteiger partial charge in [-0.05, 0) is 17.8 Å². The monoisotopic (exact) mass is 224 g/mol. The Balaban J connectivity index is 3.86. The van der Waals surface area contributed by atoms with Crippen LogP contribution in [0.3, 0.4) is 0 Å². The number of hydrogen-bond acceptors (Lipinski definition) is 2. The molecule has 0 aromatic carbocycles. The Hall–Kier alpha value is 0.120. The van der Waals surface area contributed by atoms with Crippen molar-refractivity contribution in [2.45, 2.75) is 41.0 Å². The first-order valence-electron chi connectivity index (χ1n) is 5.09. The fourth-order valence-electron chi connectivity index (χ4n) is 1.43. The molecule has 0 saturated carbocycles. The van der Waals surface area contributed by atoms with E-state index in [0.29, 0.717) is 0 Å². The zero-order valence-corrected chi connectivity index (χ0v) is 10.7. The number of rotatable bonds is 5. The van der Waals surface area contributed by atoms with E-state index in [0.717, 1.165) is 6.42 Å². The molecule has 0 aliphatic carbocycles. The van der Waals surface area contributed by atoms with Crippen LogP contribution in [0.1, 0.15) is 41.0 Å². The molecule has 14 heavy (non-hydrogen) atoms. The predicted molar refractivity (Wildman–Crippen MR) is 58.4 cm³/mol. The zero-order chi connectivity index (χ0) is 11.4. The Kier molecular flexibility index (Phi) is 5.32. The second-order valence-corrected chi connectivity index (χ2v) is 7.14. The molecule has 2 nitrogen and oxygen atoms in total. The fourth-order valence-corrected chi connectivity index (χ4v) is 2.09. The lowest BCUT2D eigenvalue weighted by molar-refractivity contribution is 0.198. The van der Waals surface area contributed by atoms with Gasteiger partial charge < -0.3 is 4.52 Å². The average molecular weight is 224 g/mol. The standard InChI is InChI=1S/C10H22FO2P/c1-6-14(11,12)13-8-9(2)7-10(3,4)5/h9H,6-8H2,1-5H3. The lowest BCUT2D eigenvalue weighted by atomic mass is 9.86. The molecule has 2 unspecified atom stereocenters. The van der Waals surface area contributed by atoms with Crippen molar-refractivity contribution in [1.29, 1.82) is 0 Å². The summed E-state index contributed by atoms with van der Waals surface area (Å²) in [5, 5.41) is 0. The van der Waals surface area contributed by atoms with Gasteiger partial charge in [-0.2, -0.15) is 4.20 Å². The summed E-state index contributed by atoms with van der Waals surface area (Å²) in [6, 6.07) is 0. The third-order valence-electron chi connectivity index (χ3n) is 1.89. The fraction of sp³-hybridized carbons (Fsp3) is 1.00. The van der Waals surface area contributed by atoms with Crippen LogP contribution in [0.25, 0.3) is 0 Å². The highest BCUT2D eigenvalue weighted by Gasteiger charge is 2.22. The molecule has 4 heteroatoms. The molecule has 0 heterocycles. The molecule has 0 saturated heterocycles. The van der Waals surface area contributed by atoms with Crippen molar-refractivity contribution in [3.05, 3.63) is 0 Å². The molecule has 0 aliphatic rings. The van der Waals surface area contributed by atoms with E-state index < -0.39 is 7.68 Å². The van der Waals surface area contributed by atoms with Crippen LogP contribution < -0.4 is 0 Å². The van der Waals surface area contributed by atoms with Crippen LogP contribution in [0.2, 0.25) is 0 Å². The van der Waals surface area contributed by atoms with Gasteiger partial charge in [-0.25, -0.2) is 0 Å². The molecule has 0 aliphatic heterocycles. The van der Waals surface area contributed by atoms with Crippen molar-refractivity contribution in [3.8, 4) is 0 Å². The van der Waals surface area contributed by atoms with Gasteiger partial charge in [0.2, 0.25) is 0 Å². The van der Waals surface area contributed by atoms with E-state index in [2.05, 4.69) is 20.8 Å². The summed E-state index contributed by atoms with van der Waals surface area (Å²) < 4.78 is 28.7. The maximum atomic E-state index is 12.9. The van der Waals surface area contributed by atoms with Gasteiger partial charge in [0, 0.05) is 0 Å². The average Bonchev–Trinajstić information content (AvgIpc) is 1.98. The molecule has 0 amide bonds. The van der Waals surface area contributed by atoms with Crippen molar-refractivity contribution in [1.82, 2.24) is 0 Å². The maximum absolute atomic E-state index is 12.9. The van der Waals surface area contributed by atoms with Gasteiger partial charge in [0.15, 0.2) is 0 Å². The molecular formula is C10H22FO2P. The van der Waals surface area contributed by atoms with Gasteiger partial charge in [0.1, 0.15) is 0 Å². The summed E-state index contributed by atoms with van der Waals surface area (Å²) in [5.74, 6) is 0.241. The summed E-state index contributed by atoms with van der Waals surface area (Å²) >= 11 is 0. The first kappa shape index (κ1) is 14.1. The van der Waals surface area contributed by atoms with Crippen molar-refractivity contribution >= 4 is 7.68 Å². The van der Waals surface area contributed by atoms with Gasteiger partial charge in [0.25, 0.3) is 0 Å². The first-order chi connectivity index (χ1) is 6.16. The second-order valence-electron chi connectivity index (χ2n) is 5.07. The molecule has 0 radical (unpaired) electrons. The summed E-state index contributed by atoms with van der Waals surface area (Å²) in [6.07, 6.45) is 0.909. The van der Waals surface area contributed by atoms with Crippen molar-refractivity contribution in [2.24, 2.45) is 11.3 Å². The van der Waals surface area contributed by atoms with Crippen molar-refractivity contribution < 1.29 is 13.3 Å². The third kappa shape index (κ3) is 7.52. The van der Waals surface area contributed by atoms with Crippen LogP contribution in [0, 0.1) is 11.3 Å². The second kappa shape index (κ2) is 5.27. The smallest absolute Gasteiger partial charge is 0.305 e. The van der Waals surface area contributed by atoms with Gasteiger partial charge >= 0.3 is 7.68 Å². The summed E-state index contributed by atoms with van der Waals surface area (Å²) in [6.45, 7) is 10.1. The highest BCUT2D eigenvalue weighted by Crippen LogP contribution is 2.48. The highest BCUT2D eigenvalue weighted by molar-refractivity contribution is 7.53. The molecule has 0 aromatic heterocycles. The first-order valence-corrected chi connectivity index (χ1v) is 6.79. The Morgan fingerprint density at radius 2 is 1.93 bits per heavy atom. The Morgan fingerprint density at radius 3 is 2.29 bits per heavy atom. The maximum Gasteiger partial charge on any atom is 0.367 e. The molecule has 0 N–H and O–H groups in total. The molecule has 0 spiro atoms. The van der Waals surface area contributed by atoms with Crippen molar-refractivity contribution in [2.75, 3.05) is 12.8 Å². The van der Waals surface area contributed by atoms with Crippen LogP contribution in [-0.4, -0.2) is 12.8 Å². The number of hydrogen-bond donors (Lipinski definition) is 0. The van der Waals surface area contributed by atoms with Crippen LogP contribution in [0.15, 0.2) is 0 Å². The molecule has 0 rings (SSSR count). The van der Waals surface area contributed by atoms with Gasteiger partial charge in [0.05, 0.1) is 12.8 Å². The van der Waals surface area contributed by atoms with Crippen molar-refractivity contribution in [3.63, 3.8) is 0 Å². The third-order valence-corrected chi connectivity index (χ3v) is 3.18. The SMILES string of the molecule is CCP(=O)(F)OCC(C)CC(C)(C)C. The van der Waals surface area contributed by atoms with Gasteiger partial charge in [-0.1, -0.05) is 34.6 Å². The Morgan fingerprint density at radius 1 is 1.43 bits per heavy atom. The summed E-state index contributed by atoms with van der Waals surface area (Å²) in [4.78, 5) is 0.